The van der Waals surface area contributed by atoms with Gasteiger partial charge >= 0.3 is 8.80 Å². The van der Waals surface area contributed by atoms with Gasteiger partial charge in [0.05, 0.1) is 26.4 Å². The van der Waals surface area contributed by atoms with Gasteiger partial charge in [-0.05, 0) is 12.6 Å². The standard InChI is InChI=1S/C10H22O5Si/c1-5-13-16(6-2,14-9-7-11-3)15-10-8-12-4/h6H,2,5,7-10H2,1,3-4H3. The van der Waals surface area contributed by atoms with Crippen LogP contribution in [0.2, 0.25) is 0 Å². The molecule has 0 fully saturated rings. The molecule has 0 aromatic rings. The Morgan fingerprint density at radius 1 is 0.938 bits per heavy atom. The maximum atomic E-state index is 5.60. The molecule has 0 bridgehead atoms. The molecule has 0 aromatic heterocycles. The van der Waals surface area contributed by atoms with E-state index in [0.717, 1.165) is 0 Å². The highest BCUT2D eigenvalue weighted by Crippen LogP contribution is 2.10. The van der Waals surface area contributed by atoms with E-state index in [1.54, 1.807) is 19.9 Å². The van der Waals surface area contributed by atoms with Crippen molar-refractivity contribution in [1.29, 1.82) is 0 Å². The molecule has 5 nitrogen and oxygen atoms in total. The maximum absolute atomic E-state index is 5.60. The number of hydrogen-bond donors (Lipinski definition) is 0. The summed E-state index contributed by atoms with van der Waals surface area (Å²) < 4.78 is 26.6. The molecule has 0 N–H and O–H groups in total. The number of methoxy groups -OCH3 is 2. The molecule has 0 amide bonds. The molecule has 0 radical (unpaired) electrons. The van der Waals surface area contributed by atoms with Gasteiger partial charge in [0.15, 0.2) is 0 Å². The van der Waals surface area contributed by atoms with Crippen LogP contribution in [0.1, 0.15) is 6.92 Å². The first-order valence-corrected chi connectivity index (χ1v) is 7.08. The molecule has 0 heterocycles. The minimum absolute atomic E-state index is 0.432. The van der Waals surface area contributed by atoms with E-state index in [1.807, 2.05) is 6.92 Å². The first-order chi connectivity index (χ1) is 7.74. The Morgan fingerprint density at radius 2 is 1.44 bits per heavy atom. The molecule has 0 saturated carbocycles. The largest absolute Gasteiger partial charge is 0.529 e. The summed E-state index contributed by atoms with van der Waals surface area (Å²) in [7, 11) is 0.496. The Kier molecular flexibility index (Phi) is 9.79. The molecular formula is C10H22O5Si. The molecule has 96 valence electrons. The van der Waals surface area contributed by atoms with E-state index in [0.29, 0.717) is 33.0 Å². The summed E-state index contributed by atoms with van der Waals surface area (Å²) in [5, 5.41) is 0. The lowest BCUT2D eigenvalue weighted by atomic mass is 10.8. The predicted octanol–water partition coefficient (Wildman–Crippen LogP) is 1.01. The summed E-state index contributed by atoms with van der Waals surface area (Å²) in [4.78, 5) is 0. The van der Waals surface area contributed by atoms with Crippen LogP contribution in [0.3, 0.4) is 0 Å². The molecule has 6 heteroatoms. The Labute approximate surface area is 98.7 Å². The van der Waals surface area contributed by atoms with Gasteiger partial charge in [-0.2, -0.15) is 0 Å². The number of hydrogen-bond acceptors (Lipinski definition) is 5. The topological polar surface area (TPSA) is 46.2 Å². The van der Waals surface area contributed by atoms with Crippen LogP contribution in [-0.2, 0) is 22.8 Å². The zero-order valence-electron chi connectivity index (χ0n) is 10.4. The van der Waals surface area contributed by atoms with Crippen molar-refractivity contribution in [3.63, 3.8) is 0 Å². The summed E-state index contributed by atoms with van der Waals surface area (Å²) in [5.74, 6) is 0. The Morgan fingerprint density at radius 3 is 1.75 bits per heavy atom. The van der Waals surface area contributed by atoms with E-state index in [4.69, 9.17) is 22.8 Å². The van der Waals surface area contributed by atoms with Crippen molar-refractivity contribution in [2.75, 3.05) is 47.3 Å². The molecule has 0 saturated heterocycles. The third-order valence-corrected chi connectivity index (χ3v) is 4.18. The van der Waals surface area contributed by atoms with E-state index < -0.39 is 8.80 Å². The van der Waals surface area contributed by atoms with Crippen molar-refractivity contribution < 1.29 is 22.8 Å². The van der Waals surface area contributed by atoms with Crippen LogP contribution in [0.25, 0.3) is 0 Å². The lowest BCUT2D eigenvalue weighted by molar-refractivity contribution is 0.0371. The van der Waals surface area contributed by atoms with Crippen molar-refractivity contribution in [1.82, 2.24) is 0 Å². The maximum Gasteiger partial charge on any atom is 0.529 e. The smallest absolute Gasteiger partial charge is 0.382 e. The molecule has 0 aliphatic heterocycles. The van der Waals surface area contributed by atoms with Gasteiger partial charge in [-0.1, -0.05) is 6.58 Å². The fourth-order valence-corrected chi connectivity index (χ4v) is 2.78. The first kappa shape index (κ1) is 15.8. The van der Waals surface area contributed by atoms with Gasteiger partial charge in [0.25, 0.3) is 0 Å². The molecule has 0 aromatic carbocycles. The SMILES string of the molecule is C=C[Si](OCC)(OCCOC)OCCOC. The van der Waals surface area contributed by atoms with E-state index in [2.05, 4.69) is 6.58 Å². The van der Waals surface area contributed by atoms with Crippen molar-refractivity contribution >= 4 is 8.80 Å². The highest BCUT2D eigenvalue weighted by Gasteiger charge is 2.37. The van der Waals surface area contributed by atoms with Crippen molar-refractivity contribution in [2.24, 2.45) is 0 Å². The zero-order chi connectivity index (χ0) is 12.3. The minimum Gasteiger partial charge on any atom is -0.382 e. The lowest BCUT2D eigenvalue weighted by Crippen LogP contribution is -2.45. The van der Waals surface area contributed by atoms with Gasteiger partial charge in [0, 0.05) is 20.8 Å². The molecule has 0 rings (SSSR count). The van der Waals surface area contributed by atoms with Gasteiger partial charge in [0.2, 0.25) is 0 Å². The van der Waals surface area contributed by atoms with Crippen molar-refractivity contribution in [3.05, 3.63) is 12.3 Å². The Hall–Kier alpha value is -0.243. The summed E-state index contributed by atoms with van der Waals surface area (Å²) in [6.07, 6.45) is 0. The molecule has 0 spiro atoms. The summed E-state index contributed by atoms with van der Waals surface area (Å²) in [6, 6.07) is 0. The molecule has 0 aliphatic carbocycles. The van der Waals surface area contributed by atoms with Crippen molar-refractivity contribution in [3.8, 4) is 0 Å². The molecule has 0 aliphatic rings. The second-order valence-corrected chi connectivity index (χ2v) is 5.40. The van der Waals surface area contributed by atoms with Gasteiger partial charge in [-0.15, -0.1) is 0 Å². The zero-order valence-corrected chi connectivity index (χ0v) is 11.4. The van der Waals surface area contributed by atoms with Crippen LogP contribution in [0, 0.1) is 0 Å². The third kappa shape index (κ3) is 6.36. The normalized spacial score (nSPS) is 11.7. The van der Waals surface area contributed by atoms with E-state index in [9.17, 15) is 0 Å². The Balaban J connectivity index is 4.14. The van der Waals surface area contributed by atoms with Crippen molar-refractivity contribution in [2.45, 2.75) is 6.92 Å². The first-order valence-electron chi connectivity index (χ1n) is 5.28. The molecular weight excluding hydrogens is 228 g/mol. The fraction of sp³-hybridized carbons (Fsp3) is 0.800. The summed E-state index contributed by atoms with van der Waals surface area (Å²) in [6.45, 7) is 8.00. The van der Waals surface area contributed by atoms with Gasteiger partial charge in [-0.3, -0.25) is 0 Å². The van der Waals surface area contributed by atoms with Crippen LogP contribution in [0.5, 0.6) is 0 Å². The van der Waals surface area contributed by atoms with Crippen LogP contribution in [0.15, 0.2) is 12.3 Å². The molecule has 0 unspecified atom stereocenters. The fourth-order valence-electron chi connectivity index (χ4n) is 1.04. The average Bonchev–Trinajstić information content (AvgIpc) is 2.29. The second kappa shape index (κ2) is 9.95. The van der Waals surface area contributed by atoms with Crippen LogP contribution < -0.4 is 0 Å². The third-order valence-electron chi connectivity index (χ3n) is 1.78. The molecule has 16 heavy (non-hydrogen) atoms. The Bertz CT molecular complexity index is 167. The van der Waals surface area contributed by atoms with Crippen LogP contribution in [0.4, 0.5) is 0 Å². The highest BCUT2D eigenvalue weighted by molar-refractivity contribution is 6.66. The van der Waals surface area contributed by atoms with E-state index >= 15 is 0 Å². The predicted molar refractivity (Wildman–Crippen MR) is 63.2 cm³/mol. The lowest BCUT2D eigenvalue weighted by Gasteiger charge is -2.25. The number of ether oxygens (including phenoxy) is 2. The quantitative estimate of drug-likeness (QED) is 0.404. The highest BCUT2D eigenvalue weighted by atomic mass is 28.4. The van der Waals surface area contributed by atoms with E-state index in [1.165, 1.54) is 0 Å². The van der Waals surface area contributed by atoms with Gasteiger partial charge in [-0.25, -0.2) is 0 Å². The van der Waals surface area contributed by atoms with Crippen LogP contribution >= 0.6 is 0 Å². The summed E-state index contributed by atoms with van der Waals surface area (Å²) >= 11 is 0. The number of rotatable bonds is 11. The van der Waals surface area contributed by atoms with Gasteiger partial charge in [0.1, 0.15) is 0 Å². The van der Waals surface area contributed by atoms with Crippen LogP contribution in [-0.4, -0.2) is 56.1 Å². The summed E-state index contributed by atoms with van der Waals surface area (Å²) in [5.41, 5.74) is 1.63. The van der Waals surface area contributed by atoms with E-state index in [-0.39, 0.29) is 0 Å². The monoisotopic (exact) mass is 250 g/mol. The van der Waals surface area contributed by atoms with Gasteiger partial charge < -0.3 is 22.8 Å². The second-order valence-electron chi connectivity index (χ2n) is 2.92. The average molecular weight is 250 g/mol. The molecule has 0 atom stereocenters. The minimum atomic E-state index is -2.74.